The van der Waals surface area contributed by atoms with Crippen LogP contribution in [0.5, 0.6) is 0 Å². The largest absolute Gasteiger partial charge is 0.353 e. The Kier molecular flexibility index (Phi) is 4.86. The van der Waals surface area contributed by atoms with E-state index in [1.165, 1.54) is 19.8 Å². The predicted molar refractivity (Wildman–Crippen MR) is 114 cm³/mol. The highest BCUT2D eigenvalue weighted by molar-refractivity contribution is 5.94. The number of piperazine rings is 1. The summed E-state index contributed by atoms with van der Waals surface area (Å²) in [5.74, 6) is 1.47. The molecule has 30 heavy (non-hydrogen) atoms. The van der Waals surface area contributed by atoms with Crippen molar-refractivity contribution in [2.24, 2.45) is 0 Å². The van der Waals surface area contributed by atoms with Crippen LogP contribution in [0.4, 0.5) is 17.2 Å². The van der Waals surface area contributed by atoms with Crippen LogP contribution in [0.25, 0.3) is 0 Å². The van der Waals surface area contributed by atoms with Gasteiger partial charge in [-0.15, -0.1) is 0 Å². The third-order valence-electron chi connectivity index (χ3n) is 6.13. The molecule has 0 radical (unpaired) electrons. The van der Waals surface area contributed by atoms with Crippen molar-refractivity contribution in [3.05, 3.63) is 42.4 Å². The van der Waals surface area contributed by atoms with Crippen LogP contribution < -0.4 is 15.5 Å². The average molecular weight is 406 g/mol. The maximum absolute atomic E-state index is 12.6. The van der Waals surface area contributed by atoms with Gasteiger partial charge in [0.15, 0.2) is 0 Å². The number of nitrogens with one attached hydrogen (secondary N) is 2. The molecule has 0 spiro atoms. The molecule has 2 aromatic rings. The van der Waals surface area contributed by atoms with E-state index in [-0.39, 0.29) is 11.8 Å². The molecule has 1 aliphatic carbocycles. The number of carbonyl (C=O) groups is 2. The summed E-state index contributed by atoms with van der Waals surface area (Å²) in [5, 5.41) is 5.68. The fourth-order valence-corrected chi connectivity index (χ4v) is 4.51. The number of anilines is 3. The maximum Gasteiger partial charge on any atom is 0.238 e. The number of piperidine rings is 1. The van der Waals surface area contributed by atoms with Crippen LogP contribution in [0.15, 0.2) is 36.7 Å². The van der Waals surface area contributed by atoms with E-state index in [1.807, 2.05) is 12.1 Å². The lowest BCUT2D eigenvalue weighted by atomic mass is 9.87. The quantitative estimate of drug-likeness (QED) is 0.765. The van der Waals surface area contributed by atoms with E-state index < -0.39 is 0 Å². The van der Waals surface area contributed by atoms with Crippen molar-refractivity contribution < 1.29 is 9.59 Å². The number of hydrogen-bond acceptors (Lipinski definition) is 6. The first-order chi connectivity index (χ1) is 14.5. The summed E-state index contributed by atoms with van der Waals surface area (Å²) in [5.41, 5.74) is 2.52. The van der Waals surface area contributed by atoms with Gasteiger partial charge in [-0.1, -0.05) is 6.07 Å². The van der Waals surface area contributed by atoms with Crippen LogP contribution in [-0.2, 0) is 9.59 Å². The van der Waals surface area contributed by atoms with Crippen molar-refractivity contribution in [3.63, 3.8) is 0 Å². The average Bonchev–Trinajstić information content (AvgIpc) is 3.57. The van der Waals surface area contributed by atoms with Gasteiger partial charge >= 0.3 is 0 Å². The van der Waals surface area contributed by atoms with E-state index in [0.29, 0.717) is 35.9 Å². The molecule has 2 unspecified atom stereocenters. The van der Waals surface area contributed by atoms with Gasteiger partial charge < -0.3 is 15.5 Å². The zero-order chi connectivity index (χ0) is 20.7. The zero-order valence-corrected chi connectivity index (χ0v) is 17.0. The van der Waals surface area contributed by atoms with Crippen LogP contribution in [0, 0.1) is 0 Å². The van der Waals surface area contributed by atoms with Gasteiger partial charge in [0.05, 0.1) is 6.54 Å². The second-order valence-electron chi connectivity index (χ2n) is 8.51. The first kappa shape index (κ1) is 19.0. The van der Waals surface area contributed by atoms with E-state index in [4.69, 9.17) is 0 Å². The zero-order valence-electron chi connectivity index (χ0n) is 17.0. The molecule has 4 fully saturated rings. The standard InChI is InChI=1S/C22H26N6O2/c1-14(29)25-16-3-2-4-17(7-16)26-22(30)12-28-18-8-19(28)11-27(10-18)21-9-20(15-5-6-15)23-13-24-21/h2-4,7,9,13,15,18-19H,5-6,8,10-12H2,1H3,(H,25,29)(H,26,30). The van der Waals surface area contributed by atoms with Crippen LogP contribution in [-0.4, -0.2) is 58.4 Å². The molecule has 3 aliphatic heterocycles. The Morgan fingerprint density at radius 2 is 1.80 bits per heavy atom. The second-order valence-corrected chi connectivity index (χ2v) is 8.51. The van der Waals surface area contributed by atoms with Crippen LogP contribution >= 0.6 is 0 Å². The Hall–Kier alpha value is -3.00. The maximum atomic E-state index is 12.6. The first-order valence-electron chi connectivity index (χ1n) is 10.6. The number of benzene rings is 1. The molecule has 8 nitrogen and oxygen atoms in total. The Labute approximate surface area is 175 Å². The molecule has 156 valence electrons. The summed E-state index contributed by atoms with van der Waals surface area (Å²) in [6.07, 6.45) is 5.28. The van der Waals surface area contributed by atoms with Gasteiger partial charge in [0, 0.05) is 61.1 Å². The third-order valence-corrected chi connectivity index (χ3v) is 6.13. The number of aromatic nitrogens is 2. The SMILES string of the molecule is CC(=O)Nc1cccc(NC(=O)CN2C3CC2CN(c2cc(C4CC4)ncn2)C3)c1. The minimum atomic E-state index is -0.135. The highest BCUT2D eigenvalue weighted by Gasteiger charge is 2.45. The summed E-state index contributed by atoms with van der Waals surface area (Å²) < 4.78 is 0. The third kappa shape index (κ3) is 4.00. The lowest BCUT2D eigenvalue weighted by molar-refractivity contribution is -0.121. The van der Waals surface area contributed by atoms with E-state index in [0.717, 1.165) is 31.0 Å². The minimum absolute atomic E-state index is 0.0313. The molecule has 4 aliphatic rings. The van der Waals surface area contributed by atoms with Gasteiger partial charge in [-0.2, -0.15) is 0 Å². The lowest BCUT2D eigenvalue weighted by Gasteiger charge is -2.56. The molecule has 8 heteroatoms. The highest BCUT2D eigenvalue weighted by atomic mass is 16.2. The number of amides is 2. The number of carbonyl (C=O) groups excluding carboxylic acids is 2. The number of hydrogen-bond donors (Lipinski definition) is 2. The molecule has 2 amide bonds. The summed E-state index contributed by atoms with van der Waals surface area (Å²) in [4.78, 5) is 37.3. The van der Waals surface area contributed by atoms with Gasteiger partial charge in [-0.3, -0.25) is 14.5 Å². The van der Waals surface area contributed by atoms with Crippen molar-refractivity contribution in [1.29, 1.82) is 0 Å². The number of nitrogens with zero attached hydrogens (tertiary/aromatic N) is 4. The van der Waals surface area contributed by atoms with Gasteiger partial charge in [-0.25, -0.2) is 9.97 Å². The normalized spacial score (nSPS) is 22.9. The topological polar surface area (TPSA) is 90.5 Å². The molecule has 3 saturated heterocycles. The van der Waals surface area contributed by atoms with Gasteiger partial charge in [0.2, 0.25) is 11.8 Å². The Balaban J connectivity index is 1.17. The van der Waals surface area contributed by atoms with Crippen LogP contribution in [0.1, 0.15) is 37.8 Å². The molecule has 1 saturated carbocycles. The van der Waals surface area contributed by atoms with Gasteiger partial charge in [-0.05, 0) is 37.5 Å². The van der Waals surface area contributed by atoms with Crippen molar-refractivity contribution >= 4 is 29.0 Å². The van der Waals surface area contributed by atoms with Crippen molar-refractivity contribution in [2.75, 3.05) is 35.2 Å². The van der Waals surface area contributed by atoms with Gasteiger partial charge in [0.1, 0.15) is 12.1 Å². The number of rotatable bonds is 6. The number of fused-ring (bicyclic) bond motifs is 2. The molecule has 2 atom stereocenters. The van der Waals surface area contributed by atoms with E-state index in [9.17, 15) is 9.59 Å². The van der Waals surface area contributed by atoms with Crippen molar-refractivity contribution in [1.82, 2.24) is 14.9 Å². The fraction of sp³-hybridized carbons (Fsp3) is 0.455. The minimum Gasteiger partial charge on any atom is -0.353 e. The van der Waals surface area contributed by atoms with Crippen molar-refractivity contribution in [2.45, 2.75) is 44.2 Å². The molecule has 1 aromatic heterocycles. The van der Waals surface area contributed by atoms with Crippen molar-refractivity contribution in [3.8, 4) is 0 Å². The van der Waals surface area contributed by atoms with E-state index in [2.05, 4.69) is 36.5 Å². The monoisotopic (exact) mass is 406 g/mol. The Bertz CT molecular complexity index is 964. The molecule has 2 N–H and O–H groups in total. The second kappa shape index (κ2) is 7.68. The molecule has 6 rings (SSSR count). The van der Waals surface area contributed by atoms with Crippen LogP contribution in [0.3, 0.4) is 0 Å². The first-order valence-corrected chi connectivity index (χ1v) is 10.6. The highest BCUT2D eigenvalue weighted by Crippen LogP contribution is 2.40. The molecular weight excluding hydrogens is 380 g/mol. The summed E-state index contributed by atoms with van der Waals surface area (Å²) in [7, 11) is 0. The molecular formula is C22H26N6O2. The van der Waals surface area contributed by atoms with Gasteiger partial charge in [0.25, 0.3) is 0 Å². The van der Waals surface area contributed by atoms with Crippen LogP contribution in [0.2, 0.25) is 0 Å². The summed E-state index contributed by atoms with van der Waals surface area (Å²) in [6, 6.07) is 10.1. The van der Waals surface area contributed by atoms with E-state index >= 15 is 0 Å². The predicted octanol–water partition coefficient (Wildman–Crippen LogP) is 2.21. The smallest absolute Gasteiger partial charge is 0.238 e. The summed E-state index contributed by atoms with van der Waals surface area (Å²) >= 11 is 0. The lowest BCUT2D eigenvalue weighted by Crippen LogP contribution is -2.69. The molecule has 2 bridgehead atoms. The molecule has 1 aromatic carbocycles. The summed E-state index contributed by atoms with van der Waals surface area (Å²) in [6.45, 7) is 3.63. The Morgan fingerprint density at radius 3 is 2.50 bits per heavy atom. The Morgan fingerprint density at radius 1 is 1.07 bits per heavy atom. The van der Waals surface area contributed by atoms with E-state index in [1.54, 1.807) is 18.5 Å². The fourth-order valence-electron chi connectivity index (χ4n) is 4.51. The molecule has 4 heterocycles.